The second-order valence-electron chi connectivity index (χ2n) is 9.24. The van der Waals surface area contributed by atoms with Crippen molar-refractivity contribution in [3.05, 3.63) is 47.9 Å². The first-order valence-electron chi connectivity index (χ1n) is 11.4. The normalized spacial score (nSPS) is 26.1. The molecule has 3 atom stereocenters. The maximum atomic E-state index is 6.10. The van der Waals surface area contributed by atoms with Crippen LogP contribution in [0.3, 0.4) is 0 Å². The molecule has 0 saturated carbocycles. The van der Waals surface area contributed by atoms with Crippen LogP contribution in [0.25, 0.3) is 11.3 Å². The molecule has 2 aromatic rings. The van der Waals surface area contributed by atoms with Crippen LogP contribution in [0.5, 0.6) is 0 Å². The number of aliphatic imine (C=N–C) groups is 1. The van der Waals surface area contributed by atoms with Gasteiger partial charge >= 0.3 is 0 Å². The van der Waals surface area contributed by atoms with Crippen LogP contribution in [0.2, 0.25) is 0 Å². The number of nitrogens with one attached hydrogen (secondary N) is 1. The Kier molecular flexibility index (Phi) is 5.35. The molecule has 2 saturated heterocycles. The van der Waals surface area contributed by atoms with Crippen molar-refractivity contribution in [2.45, 2.75) is 38.8 Å². The van der Waals surface area contributed by atoms with Crippen LogP contribution < -0.4 is 21.8 Å². The molecule has 8 heteroatoms. The van der Waals surface area contributed by atoms with E-state index in [0.29, 0.717) is 12.0 Å². The molecule has 168 valence electrons. The molecule has 0 radical (unpaired) electrons. The van der Waals surface area contributed by atoms with Crippen molar-refractivity contribution in [2.24, 2.45) is 22.6 Å². The largest absolute Gasteiger partial charge is 0.399 e. The summed E-state index contributed by atoms with van der Waals surface area (Å²) >= 11 is 0. The summed E-state index contributed by atoms with van der Waals surface area (Å²) in [4.78, 5) is 17.0. The lowest BCUT2D eigenvalue weighted by molar-refractivity contribution is 0.332. The van der Waals surface area contributed by atoms with Crippen molar-refractivity contribution in [1.82, 2.24) is 20.4 Å². The minimum absolute atomic E-state index is 0.234. The van der Waals surface area contributed by atoms with Gasteiger partial charge in [-0.2, -0.15) is 0 Å². The first-order chi connectivity index (χ1) is 15.4. The van der Waals surface area contributed by atoms with E-state index in [1.54, 1.807) is 0 Å². The summed E-state index contributed by atoms with van der Waals surface area (Å²) in [5.74, 6) is 1.34. The molecular weight excluding hydrogens is 400 g/mol. The fourth-order valence-corrected chi connectivity index (χ4v) is 5.21. The zero-order valence-corrected chi connectivity index (χ0v) is 19.0. The van der Waals surface area contributed by atoms with E-state index < -0.39 is 0 Å². The maximum Gasteiger partial charge on any atom is 0.225 e. The van der Waals surface area contributed by atoms with Crippen LogP contribution >= 0.6 is 0 Å². The standard InChI is InChI=1S/C24H32N8/c1-14-21-15(2)30-31(3)20(21)13-27-22(14)19-12-28-24(32-10-8-18(26)9-11-32)29-23(19)16-4-6-17(25)7-5-16/h4-7,12-15,18,21,30H,8-11,25-26H2,1-3H3. The Labute approximate surface area is 189 Å². The van der Waals surface area contributed by atoms with E-state index in [4.69, 9.17) is 26.4 Å². The number of nitrogen functional groups attached to an aromatic ring is 1. The van der Waals surface area contributed by atoms with Crippen molar-refractivity contribution in [1.29, 1.82) is 0 Å². The Bertz CT molecular complexity index is 1050. The van der Waals surface area contributed by atoms with Gasteiger partial charge in [0.05, 0.1) is 17.1 Å². The second kappa shape index (κ2) is 8.18. The SMILES string of the molecule is CC1NN(C)C2=CN=C(c3cnc(N4CCC(N)CC4)nc3-c3ccc(N)cc3)C(C)C21. The first kappa shape index (κ1) is 20.9. The summed E-state index contributed by atoms with van der Waals surface area (Å²) in [6, 6.07) is 8.50. The van der Waals surface area contributed by atoms with Gasteiger partial charge in [-0.3, -0.25) is 4.99 Å². The van der Waals surface area contributed by atoms with Crippen molar-refractivity contribution < 1.29 is 0 Å². The van der Waals surface area contributed by atoms with Crippen molar-refractivity contribution in [3.8, 4) is 11.3 Å². The monoisotopic (exact) mass is 432 g/mol. The fraction of sp³-hybridized carbons (Fsp3) is 0.458. The Morgan fingerprint density at radius 2 is 1.81 bits per heavy atom. The molecule has 3 aliphatic rings. The van der Waals surface area contributed by atoms with Crippen LogP contribution in [-0.4, -0.2) is 52.9 Å². The van der Waals surface area contributed by atoms with Crippen molar-refractivity contribution in [2.75, 3.05) is 30.8 Å². The Morgan fingerprint density at radius 3 is 2.53 bits per heavy atom. The van der Waals surface area contributed by atoms with E-state index in [1.165, 1.54) is 5.70 Å². The number of benzene rings is 1. The van der Waals surface area contributed by atoms with Gasteiger partial charge in [-0.05, 0) is 31.9 Å². The molecular formula is C24H32N8. The third-order valence-electron chi connectivity index (χ3n) is 7.03. The zero-order chi connectivity index (χ0) is 22.4. The van der Waals surface area contributed by atoms with E-state index in [1.807, 2.05) is 36.7 Å². The Balaban J connectivity index is 1.58. The molecule has 0 aliphatic carbocycles. The van der Waals surface area contributed by atoms with Gasteiger partial charge in [0.2, 0.25) is 5.95 Å². The quantitative estimate of drug-likeness (QED) is 0.639. The molecule has 32 heavy (non-hydrogen) atoms. The fourth-order valence-electron chi connectivity index (χ4n) is 5.21. The number of fused-ring (bicyclic) bond motifs is 1. The lowest BCUT2D eigenvalue weighted by Gasteiger charge is -2.31. The number of anilines is 2. The minimum atomic E-state index is 0.234. The summed E-state index contributed by atoms with van der Waals surface area (Å²) < 4.78 is 0. The predicted octanol–water partition coefficient (Wildman–Crippen LogP) is 2.39. The molecule has 5 N–H and O–H groups in total. The zero-order valence-electron chi connectivity index (χ0n) is 19.0. The van der Waals surface area contributed by atoms with Crippen LogP contribution in [-0.2, 0) is 0 Å². The van der Waals surface area contributed by atoms with Gasteiger partial charge in [0.15, 0.2) is 0 Å². The highest BCUT2D eigenvalue weighted by atomic mass is 15.5. The summed E-state index contributed by atoms with van der Waals surface area (Å²) in [7, 11) is 2.05. The van der Waals surface area contributed by atoms with E-state index >= 15 is 0 Å². The van der Waals surface area contributed by atoms with Crippen LogP contribution in [0.15, 0.2) is 47.4 Å². The van der Waals surface area contributed by atoms with Gasteiger partial charge in [0.25, 0.3) is 0 Å². The number of nitrogens with two attached hydrogens (primary N) is 2. The highest BCUT2D eigenvalue weighted by molar-refractivity contribution is 6.07. The molecule has 0 spiro atoms. The molecule has 4 heterocycles. The first-order valence-corrected chi connectivity index (χ1v) is 11.4. The summed E-state index contributed by atoms with van der Waals surface area (Å²) in [6.45, 7) is 6.23. The van der Waals surface area contributed by atoms with E-state index in [0.717, 1.165) is 60.1 Å². The Hall–Kier alpha value is -2.97. The second-order valence-corrected chi connectivity index (χ2v) is 9.24. The van der Waals surface area contributed by atoms with Gasteiger partial charge in [0, 0.05) is 73.3 Å². The summed E-state index contributed by atoms with van der Waals surface area (Å²) in [6.07, 6.45) is 5.86. The Morgan fingerprint density at radius 1 is 1.09 bits per heavy atom. The number of rotatable bonds is 3. The van der Waals surface area contributed by atoms with Gasteiger partial charge < -0.3 is 21.4 Å². The minimum Gasteiger partial charge on any atom is -0.399 e. The molecule has 3 unspecified atom stereocenters. The van der Waals surface area contributed by atoms with E-state index in [9.17, 15) is 0 Å². The number of hydrogen-bond acceptors (Lipinski definition) is 8. The molecule has 5 rings (SSSR count). The van der Waals surface area contributed by atoms with Crippen molar-refractivity contribution in [3.63, 3.8) is 0 Å². The smallest absolute Gasteiger partial charge is 0.225 e. The third-order valence-corrected chi connectivity index (χ3v) is 7.03. The molecule has 8 nitrogen and oxygen atoms in total. The lowest BCUT2D eigenvalue weighted by Crippen LogP contribution is -2.40. The number of hydrogen-bond donors (Lipinski definition) is 3. The molecule has 2 fully saturated rings. The summed E-state index contributed by atoms with van der Waals surface area (Å²) in [5, 5.41) is 2.09. The van der Waals surface area contributed by atoms with Crippen LogP contribution in [0, 0.1) is 11.8 Å². The molecule has 3 aliphatic heterocycles. The molecule has 1 aromatic heterocycles. The average molecular weight is 433 g/mol. The van der Waals surface area contributed by atoms with Crippen LogP contribution in [0.1, 0.15) is 32.3 Å². The van der Waals surface area contributed by atoms with E-state index in [-0.39, 0.29) is 12.0 Å². The third kappa shape index (κ3) is 3.63. The topological polar surface area (TPSA) is 109 Å². The van der Waals surface area contributed by atoms with Gasteiger partial charge in [-0.25, -0.2) is 15.4 Å². The molecule has 0 amide bonds. The highest BCUT2D eigenvalue weighted by Crippen LogP contribution is 2.38. The number of nitrogens with zero attached hydrogens (tertiary/aromatic N) is 5. The maximum absolute atomic E-state index is 6.10. The average Bonchev–Trinajstić information content (AvgIpc) is 3.09. The van der Waals surface area contributed by atoms with Gasteiger partial charge in [-0.1, -0.05) is 19.1 Å². The highest BCUT2D eigenvalue weighted by Gasteiger charge is 2.41. The lowest BCUT2D eigenvalue weighted by atomic mass is 9.79. The van der Waals surface area contributed by atoms with Crippen molar-refractivity contribution >= 4 is 17.3 Å². The molecule has 1 aromatic carbocycles. The summed E-state index contributed by atoms with van der Waals surface area (Å²) in [5.41, 5.74) is 21.5. The van der Waals surface area contributed by atoms with Gasteiger partial charge in [-0.15, -0.1) is 0 Å². The predicted molar refractivity (Wildman–Crippen MR) is 129 cm³/mol. The number of piperidine rings is 1. The van der Waals surface area contributed by atoms with E-state index in [2.05, 4.69) is 36.2 Å². The number of hydrazine groups is 1. The molecule has 0 bridgehead atoms. The van der Waals surface area contributed by atoms with Crippen LogP contribution in [0.4, 0.5) is 11.6 Å². The van der Waals surface area contributed by atoms with Gasteiger partial charge in [0.1, 0.15) is 0 Å². The number of aromatic nitrogens is 2.